The number of aromatic nitrogens is 4. The van der Waals surface area contributed by atoms with Gasteiger partial charge < -0.3 is 29.4 Å². The molecule has 0 unspecified atom stereocenters. The molecule has 0 saturated heterocycles. The molecular formula is C38H48N8O8S2. The first-order valence-electron chi connectivity index (χ1n) is 18.8. The van der Waals surface area contributed by atoms with Crippen LogP contribution in [0.5, 0.6) is 5.75 Å². The normalized spacial score (nSPS) is 16.1. The molecule has 0 bridgehead atoms. The third kappa shape index (κ3) is 9.59. The summed E-state index contributed by atoms with van der Waals surface area (Å²) in [5, 5.41) is 34.3. The number of imidazole rings is 2. The van der Waals surface area contributed by atoms with Crippen LogP contribution in [-0.2, 0) is 84.5 Å². The van der Waals surface area contributed by atoms with Crippen LogP contribution in [0.3, 0.4) is 0 Å². The van der Waals surface area contributed by atoms with E-state index in [0.717, 1.165) is 86.8 Å². The molecular weight excluding hydrogens is 761 g/mol. The summed E-state index contributed by atoms with van der Waals surface area (Å²) >= 11 is 0. The van der Waals surface area contributed by atoms with Crippen LogP contribution in [0.2, 0.25) is 0 Å². The minimum absolute atomic E-state index is 0.187. The summed E-state index contributed by atoms with van der Waals surface area (Å²) in [6, 6.07) is 3.81. The smallest absolute Gasteiger partial charge is 0.333 e. The number of anilines is 1. The molecule has 18 heteroatoms. The second-order valence-electron chi connectivity index (χ2n) is 14.7. The molecule has 2 heterocycles. The molecule has 300 valence electrons. The van der Waals surface area contributed by atoms with Crippen LogP contribution in [0, 0.1) is 11.5 Å². The van der Waals surface area contributed by atoms with Crippen molar-refractivity contribution in [2.75, 3.05) is 5.32 Å². The van der Waals surface area contributed by atoms with Crippen LogP contribution in [0.25, 0.3) is 0 Å². The number of nitrogens with one attached hydrogen (secondary N) is 2. The summed E-state index contributed by atoms with van der Waals surface area (Å²) in [5.41, 5.74) is 11.0. The van der Waals surface area contributed by atoms with Gasteiger partial charge in [0.25, 0.3) is 26.3 Å². The van der Waals surface area contributed by atoms with E-state index >= 15 is 0 Å². The quantitative estimate of drug-likeness (QED) is 0.154. The topological polar surface area (TPSA) is 245 Å². The summed E-state index contributed by atoms with van der Waals surface area (Å²) in [6.07, 6.45) is 18.6. The Morgan fingerprint density at radius 3 is 1.64 bits per heavy atom. The average molecular weight is 809 g/mol. The highest BCUT2D eigenvalue weighted by Gasteiger charge is 2.28. The van der Waals surface area contributed by atoms with Gasteiger partial charge in [0.15, 0.2) is 10.1 Å². The van der Waals surface area contributed by atoms with E-state index in [1.165, 1.54) is 80.4 Å². The molecule has 0 radical (unpaired) electrons. The number of nitriles is 1. The number of primary sulfonamides is 1. The van der Waals surface area contributed by atoms with Crippen LogP contribution in [0.4, 0.5) is 10.5 Å². The van der Waals surface area contributed by atoms with Crippen molar-refractivity contribution >= 4 is 31.8 Å². The number of ether oxygens (including phenoxy) is 1. The van der Waals surface area contributed by atoms with E-state index in [4.69, 9.17) is 20.2 Å². The van der Waals surface area contributed by atoms with Gasteiger partial charge in [0.2, 0.25) is 0 Å². The highest BCUT2D eigenvalue weighted by molar-refractivity contribution is 7.90. The van der Waals surface area contributed by atoms with Crippen LogP contribution in [-0.4, -0.2) is 64.4 Å². The number of fused-ring (bicyclic) bond motifs is 4. The van der Waals surface area contributed by atoms with Crippen LogP contribution >= 0.6 is 0 Å². The molecule has 0 fully saturated rings. The average Bonchev–Trinajstić information content (AvgIpc) is 3.96. The van der Waals surface area contributed by atoms with E-state index in [1.807, 2.05) is 6.26 Å². The lowest BCUT2D eigenvalue weighted by atomic mass is 9.99. The van der Waals surface area contributed by atoms with Crippen molar-refractivity contribution in [3.05, 3.63) is 81.7 Å². The summed E-state index contributed by atoms with van der Waals surface area (Å²) in [6.45, 7) is 3.70. The maximum atomic E-state index is 12.5. The number of rotatable bonds is 9. The SMILES string of the molecule is C[C@H](O)Cn1cnc(S(=O)(=O)NC(=O)Nc2c3c(cc4c2CCC4)CCC3)c1.C[C@H](O)Cn1cnc(S(N)(=O)=O)c1.N#COc1c2c(cc3c1CCC3)CCC2. The number of carbonyl (C=O) groups is 1. The zero-order valence-corrected chi connectivity index (χ0v) is 33.1. The second-order valence-corrected chi connectivity index (χ2v) is 17.9. The highest BCUT2D eigenvalue weighted by Crippen LogP contribution is 2.40. The van der Waals surface area contributed by atoms with Crippen molar-refractivity contribution in [1.82, 2.24) is 23.8 Å². The van der Waals surface area contributed by atoms with E-state index < -0.39 is 38.3 Å². The van der Waals surface area contributed by atoms with Gasteiger partial charge in [-0.25, -0.2) is 33.0 Å². The first kappa shape index (κ1) is 40.9. The van der Waals surface area contributed by atoms with Crippen molar-refractivity contribution < 1.29 is 36.6 Å². The number of sulfonamides is 2. The van der Waals surface area contributed by atoms with E-state index in [2.05, 4.69) is 32.1 Å². The molecule has 0 saturated carbocycles. The van der Waals surface area contributed by atoms with Gasteiger partial charge in [-0.3, -0.25) is 0 Å². The number of aliphatic hydroxyl groups is 2. The van der Waals surface area contributed by atoms with Crippen molar-refractivity contribution in [3.63, 3.8) is 0 Å². The zero-order chi connectivity index (χ0) is 40.2. The summed E-state index contributed by atoms with van der Waals surface area (Å²) < 4.78 is 56.7. The fourth-order valence-electron chi connectivity index (χ4n) is 7.99. The molecule has 56 heavy (non-hydrogen) atoms. The van der Waals surface area contributed by atoms with Gasteiger partial charge in [-0.05, 0) is 135 Å². The lowest BCUT2D eigenvalue weighted by Gasteiger charge is -2.16. The largest absolute Gasteiger partial charge is 0.392 e. The summed E-state index contributed by atoms with van der Waals surface area (Å²) in [5.74, 6) is 0.903. The van der Waals surface area contributed by atoms with Crippen LogP contribution in [0.15, 0.2) is 47.2 Å². The molecule has 2 aromatic heterocycles. The van der Waals surface area contributed by atoms with E-state index in [9.17, 15) is 26.7 Å². The van der Waals surface area contributed by atoms with Crippen molar-refractivity contribution in [1.29, 1.82) is 5.26 Å². The highest BCUT2D eigenvalue weighted by atomic mass is 32.2. The predicted octanol–water partition coefficient (Wildman–Crippen LogP) is 3.19. The monoisotopic (exact) mass is 808 g/mol. The van der Waals surface area contributed by atoms with Gasteiger partial charge in [0.05, 0.1) is 24.9 Å². The molecule has 4 aliphatic carbocycles. The number of carbonyl (C=O) groups excluding carboxylic acids is 1. The molecule has 2 amide bonds. The summed E-state index contributed by atoms with van der Waals surface area (Å²) in [4.78, 5) is 19.9. The standard InChI is InChI=1S/C19H24N4O4S.C13H13NO.C6H11N3O3S/c1-12(24)9-23-10-17(20-11-23)28(26,27)22-19(25)21-18-15-6-2-4-13(15)8-14-5-3-7-16(14)18;14-8-15-13-11-5-1-3-9(11)7-10-4-2-6-12(10)13;1-5(10)2-9-3-6(8-4-9)13(7,11)12/h8,10-12,24H,2-7,9H2,1H3,(H2,21,22,25);7H,1-6H2;3-5,10H,2H2,1H3,(H2,7,11,12)/t12-;;5-/m0.0/s1. The minimum Gasteiger partial charge on any atom is -0.392 e. The maximum Gasteiger partial charge on any atom is 0.333 e. The Balaban J connectivity index is 0.000000159. The zero-order valence-electron chi connectivity index (χ0n) is 31.5. The Bertz CT molecular complexity index is 2300. The lowest BCUT2D eigenvalue weighted by molar-refractivity contribution is 0.173. The Kier molecular flexibility index (Phi) is 12.5. The van der Waals surface area contributed by atoms with Crippen molar-refractivity contribution in [2.45, 2.75) is 126 Å². The third-order valence-electron chi connectivity index (χ3n) is 10.2. The molecule has 6 N–H and O–H groups in total. The number of nitrogens with zero attached hydrogens (tertiary/aromatic N) is 5. The van der Waals surface area contributed by atoms with E-state index in [-0.39, 0.29) is 16.6 Å². The molecule has 2 atom stereocenters. The third-order valence-corrected chi connectivity index (χ3v) is 12.2. The molecule has 4 aliphatic rings. The van der Waals surface area contributed by atoms with E-state index in [1.54, 1.807) is 13.8 Å². The fourth-order valence-corrected chi connectivity index (χ4v) is 9.32. The van der Waals surface area contributed by atoms with Gasteiger partial charge in [0, 0.05) is 31.2 Å². The Morgan fingerprint density at radius 1 is 0.786 bits per heavy atom. The number of benzene rings is 2. The number of aryl methyl sites for hydroxylation is 4. The number of nitrogens with two attached hydrogens (primary N) is 1. The molecule has 16 nitrogen and oxygen atoms in total. The maximum absolute atomic E-state index is 12.5. The second kappa shape index (κ2) is 17.1. The minimum atomic E-state index is -4.10. The number of amides is 2. The van der Waals surface area contributed by atoms with Gasteiger partial charge >= 0.3 is 6.03 Å². The molecule has 8 rings (SSSR count). The van der Waals surface area contributed by atoms with Gasteiger partial charge in [-0.2, -0.15) is 8.42 Å². The Labute approximate surface area is 326 Å². The first-order chi connectivity index (χ1) is 26.6. The van der Waals surface area contributed by atoms with Crippen LogP contribution < -0.4 is 19.9 Å². The number of hydrogen-bond donors (Lipinski definition) is 5. The molecule has 0 spiro atoms. The van der Waals surface area contributed by atoms with Crippen LogP contribution in [0.1, 0.15) is 84.0 Å². The van der Waals surface area contributed by atoms with Gasteiger partial charge in [-0.15, -0.1) is 5.26 Å². The molecule has 2 aromatic carbocycles. The number of urea groups is 1. The lowest BCUT2D eigenvalue weighted by Crippen LogP contribution is -2.35. The number of hydrogen-bond acceptors (Lipinski definition) is 11. The predicted molar refractivity (Wildman–Crippen MR) is 206 cm³/mol. The molecule has 0 aliphatic heterocycles. The summed E-state index contributed by atoms with van der Waals surface area (Å²) in [7, 11) is -7.83. The molecule has 4 aromatic rings. The Hall–Kier alpha value is -4.80. The van der Waals surface area contributed by atoms with Gasteiger partial charge in [-0.1, -0.05) is 12.1 Å². The number of aliphatic hydroxyl groups excluding tert-OH is 2. The van der Waals surface area contributed by atoms with Crippen molar-refractivity contribution in [3.8, 4) is 12.0 Å². The Morgan fingerprint density at radius 2 is 1.21 bits per heavy atom. The van der Waals surface area contributed by atoms with Gasteiger partial charge in [0.1, 0.15) is 5.75 Å². The van der Waals surface area contributed by atoms with E-state index in [0.29, 0.717) is 6.54 Å². The van der Waals surface area contributed by atoms with Crippen molar-refractivity contribution in [2.24, 2.45) is 5.14 Å². The fraction of sp³-hybridized carbons (Fsp3) is 0.474. The first-order valence-corrected chi connectivity index (χ1v) is 21.8.